The van der Waals surface area contributed by atoms with Crippen LogP contribution in [0.15, 0.2) is 0 Å². The summed E-state index contributed by atoms with van der Waals surface area (Å²) in [6.07, 6.45) is 9.31. The van der Waals surface area contributed by atoms with Gasteiger partial charge in [0, 0.05) is 18.1 Å². The van der Waals surface area contributed by atoms with Crippen LogP contribution in [0.5, 0.6) is 0 Å². The number of hydrogen-bond donors (Lipinski definition) is 2. The van der Waals surface area contributed by atoms with Gasteiger partial charge in [0.15, 0.2) is 0 Å². The number of fused-ring (bicyclic) bond motifs is 4. The van der Waals surface area contributed by atoms with Crippen molar-refractivity contribution < 1.29 is 9.90 Å². The Morgan fingerprint density at radius 3 is 2.30 bits per heavy atom. The third kappa shape index (κ3) is 2.82. The molecule has 130 valence electrons. The molecule has 2 saturated heterocycles. The Morgan fingerprint density at radius 1 is 1.04 bits per heavy atom. The molecule has 7 atom stereocenters. The van der Waals surface area contributed by atoms with Crippen LogP contribution in [0.1, 0.15) is 65.2 Å². The smallest absolute Gasteiger partial charge is 0.237 e. The van der Waals surface area contributed by atoms with Gasteiger partial charge in [-0.2, -0.15) is 0 Å². The first kappa shape index (κ1) is 15.9. The third-order valence-corrected chi connectivity index (χ3v) is 7.40. The maximum atomic E-state index is 12.8. The number of aliphatic hydroxyl groups excluding tert-OH is 1. The van der Waals surface area contributed by atoms with Gasteiger partial charge in [-0.1, -0.05) is 6.42 Å². The highest BCUT2D eigenvalue weighted by atomic mass is 16.3. The molecule has 4 fully saturated rings. The van der Waals surface area contributed by atoms with E-state index in [4.69, 9.17) is 0 Å². The molecule has 2 saturated carbocycles. The maximum absolute atomic E-state index is 12.8. The lowest BCUT2D eigenvalue weighted by molar-refractivity contribution is -0.129. The Morgan fingerprint density at radius 2 is 1.74 bits per heavy atom. The molecule has 2 heterocycles. The molecule has 2 aliphatic carbocycles. The van der Waals surface area contributed by atoms with Gasteiger partial charge in [0.25, 0.3) is 0 Å². The zero-order chi connectivity index (χ0) is 16.1. The number of amides is 1. The minimum absolute atomic E-state index is 0.0546. The van der Waals surface area contributed by atoms with Crippen LogP contribution in [0.2, 0.25) is 0 Å². The van der Waals surface area contributed by atoms with E-state index in [2.05, 4.69) is 24.1 Å². The summed E-state index contributed by atoms with van der Waals surface area (Å²) in [5, 5.41) is 13.3. The van der Waals surface area contributed by atoms with Crippen LogP contribution in [0.4, 0.5) is 0 Å². The average molecular weight is 320 g/mol. The lowest BCUT2D eigenvalue weighted by Gasteiger charge is -2.41. The number of carbonyl (C=O) groups excluding carboxylic acids is 1. The lowest BCUT2D eigenvalue weighted by atomic mass is 9.84. The Kier molecular flexibility index (Phi) is 4.17. The summed E-state index contributed by atoms with van der Waals surface area (Å²) in [5.74, 6) is 2.69. The minimum Gasteiger partial charge on any atom is -0.393 e. The number of hydrogen-bond acceptors (Lipinski definition) is 3. The van der Waals surface area contributed by atoms with Gasteiger partial charge in [0.1, 0.15) is 0 Å². The van der Waals surface area contributed by atoms with Gasteiger partial charge in [0.2, 0.25) is 5.91 Å². The Hall–Kier alpha value is -0.610. The molecule has 23 heavy (non-hydrogen) atoms. The zero-order valence-electron chi connectivity index (χ0n) is 14.6. The monoisotopic (exact) mass is 320 g/mol. The largest absolute Gasteiger partial charge is 0.393 e. The van der Waals surface area contributed by atoms with E-state index in [0.29, 0.717) is 24.0 Å². The Labute approximate surface area is 140 Å². The molecule has 0 radical (unpaired) electrons. The molecule has 4 rings (SSSR count). The normalized spacial score (nSPS) is 45.2. The maximum Gasteiger partial charge on any atom is 0.237 e. The summed E-state index contributed by atoms with van der Waals surface area (Å²) in [6.45, 7) is 4.27. The van der Waals surface area contributed by atoms with E-state index in [1.165, 1.54) is 25.7 Å². The summed E-state index contributed by atoms with van der Waals surface area (Å²) in [5.41, 5.74) is 0. The highest BCUT2D eigenvalue weighted by Gasteiger charge is 2.45. The Balaban J connectivity index is 1.35. The summed E-state index contributed by atoms with van der Waals surface area (Å²) in [7, 11) is 0. The van der Waals surface area contributed by atoms with Crippen molar-refractivity contribution in [3.8, 4) is 0 Å². The fraction of sp³-hybridized carbons (Fsp3) is 0.947. The van der Waals surface area contributed by atoms with Crippen LogP contribution in [0, 0.1) is 17.8 Å². The molecule has 4 aliphatic rings. The second kappa shape index (κ2) is 6.03. The van der Waals surface area contributed by atoms with Crippen molar-refractivity contribution in [3.05, 3.63) is 0 Å². The standard InChI is InChI=1S/C19H32N2O2/c1-11(18-8-13-3-4-14(18)7-13)20-19(23)12(2)21-15-5-6-16(21)10-17(22)9-15/h11-18,22H,3-10H2,1-2H3,(H,20,23)/t11-,12-,13-,14-,15-,16-,18-/m0/s1. The second-order valence-electron chi connectivity index (χ2n) is 8.77. The molecule has 0 aromatic carbocycles. The Bertz CT molecular complexity index is 454. The van der Waals surface area contributed by atoms with Gasteiger partial charge in [-0.3, -0.25) is 9.69 Å². The highest BCUT2D eigenvalue weighted by Crippen LogP contribution is 2.49. The summed E-state index contributed by atoms with van der Waals surface area (Å²) in [4.78, 5) is 15.2. The molecule has 2 N–H and O–H groups in total. The average Bonchev–Trinajstić information content (AvgIpc) is 3.20. The van der Waals surface area contributed by atoms with Crippen LogP contribution in [0.3, 0.4) is 0 Å². The van der Waals surface area contributed by atoms with Crippen LogP contribution >= 0.6 is 0 Å². The van der Waals surface area contributed by atoms with Gasteiger partial charge in [-0.05, 0) is 76.5 Å². The topological polar surface area (TPSA) is 52.6 Å². The van der Waals surface area contributed by atoms with Gasteiger partial charge in [0.05, 0.1) is 12.1 Å². The predicted molar refractivity (Wildman–Crippen MR) is 89.9 cm³/mol. The van der Waals surface area contributed by atoms with Crippen molar-refractivity contribution >= 4 is 5.91 Å². The summed E-state index contributed by atoms with van der Waals surface area (Å²) < 4.78 is 0. The molecule has 0 unspecified atom stereocenters. The van der Waals surface area contributed by atoms with Crippen LogP contribution < -0.4 is 5.32 Å². The molecule has 1 amide bonds. The first-order valence-electron chi connectivity index (χ1n) is 9.78. The fourth-order valence-corrected chi connectivity index (χ4v) is 6.31. The fourth-order valence-electron chi connectivity index (χ4n) is 6.31. The van der Waals surface area contributed by atoms with Crippen LogP contribution in [0.25, 0.3) is 0 Å². The van der Waals surface area contributed by atoms with Crippen molar-refractivity contribution in [1.82, 2.24) is 10.2 Å². The quantitative estimate of drug-likeness (QED) is 0.836. The van der Waals surface area contributed by atoms with E-state index >= 15 is 0 Å². The molecule has 4 heteroatoms. The van der Waals surface area contributed by atoms with Crippen molar-refractivity contribution in [1.29, 1.82) is 0 Å². The van der Waals surface area contributed by atoms with E-state index in [9.17, 15) is 9.90 Å². The van der Waals surface area contributed by atoms with Gasteiger partial charge in [-0.25, -0.2) is 0 Å². The van der Waals surface area contributed by atoms with Crippen molar-refractivity contribution in [2.75, 3.05) is 0 Å². The van der Waals surface area contributed by atoms with Crippen molar-refractivity contribution in [2.45, 2.75) is 95.5 Å². The molecule has 2 aliphatic heterocycles. The molecule has 4 bridgehead atoms. The number of piperidine rings is 1. The predicted octanol–water partition coefficient (Wildman–Crippen LogP) is 2.30. The third-order valence-electron chi connectivity index (χ3n) is 7.40. The van der Waals surface area contributed by atoms with Gasteiger partial charge >= 0.3 is 0 Å². The number of carbonyl (C=O) groups is 1. The highest BCUT2D eigenvalue weighted by molar-refractivity contribution is 5.81. The molecule has 0 spiro atoms. The number of nitrogens with one attached hydrogen (secondary N) is 1. The zero-order valence-corrected chi connectivity index (χ0v) is 14.6. The van der Waals surface area contributed by atoms with E-state index in [0.717, 1.165) is 37.5 Å². The second-order valence-corrected chi connectivity index (χ2v) is 8.77. The number of rotatable bonds is 4. The first-order valence-corrected chi connectivity index (χ1v) is 9.78. The number of aliphatic hydroxyl groups is 1. The van der Waals surface area contributed by atoms with Crippen molar-refractivity contribution in [2.24, 2.45) is 17.8 Å². The molecule has 4 nitrogen and oxygen atoms in total. The minimum atomic E-state index is -0.160. The van der Waals surface area contributed by atoms with E-state index in [1.807, 2.05) is 0 Å². The lowest BCUT2D eigenvalue weighted by Crippen LogP contribution is -2.56. The van der Waals surface area contributed by atoms with Crippen LogP contribution in [-0.4, -0.2) is 46.2 Å². The summed E-state index contributed by atoms with van der Waals surface area (Å²) >= 11 is 0. The molecule has 0 aromatic heterocycles. The summed E-state index contributed by atoms with van der Waals surface area (Å²) in [6, 6.07) is 1.07. The van der Waals surface area contributed by atoms with Crippen LogP contribution in [-0.2, 0) is 4.79 Å². The molecule has 0 aromatic rings. The van der Waals surface area contributed by atoms with E-state index in [1.54, 1.807) is 0 Å². The first-order chi connectivity index (χ1) is 11.0. The molecular formula is C19H32N2O2. The number of nitrogens with zero attached hydrogens (tertiary/aromatic N) is 1. The molecular weight excluding hydrogens is 288 g/mol. The van der Waals surface area contributed by atoms with Crippen molar-refractivity contribution in [3.63, 3.8) is 0 Å². The van der Waals surface area contributed by atoms with Gasteiger partial charge < -0.3 is 10.4 Å². The van der Waals surface area contributed by atoms with E-state index < -0.39 is 0 Å². The van der Waals surface area contributed by atoms with E-state index in [-0.39, 0.29) is 18.1 Å². The van der Waals surface area contributed by atoms with Gasteiger partial charge in [-0.15, -0.1) is 0 Å². The SMILES string of the molecule is C[C@H](NC(=O)[C@H](C)N1[C@H]2CC[C@H]1CC(O)C2)[C@@H]1C[C@H]2CC[C@H]1C2.